The van der Waals surface area contributed by atoms with Gasteiger partial charge in [0.2, 0.25) is 0 Å². The molecule has 0 spiro atoms. The second-order valence-electron chi connectivity index (χ2n) is 3.03. The third kappa shape index (κ3) is 2.70. The maximum Gasteiger partial charge on any atom is 0.128 e. The Morgan fingerprint density at radius 3 is 2.71 bits per heavy atom. The summed E-state index contributed by atoms with van der Waals surface area (Å²) in [6.45, 7) is 3.30. The zero-order valence-electron chi connectivity index (χ0n) is 8.13. The minimum absolute atomic E-state index is 0.197. The fourth-order valence-electron chi connectivity index (χ4n) is 0.919. The number of hydrogen-bond donors (Lipinski definition) is 2. The Morgan fingerprint density at radius 2 is 2.21 bits per heavy atom. The molecule has 0 heterocycles. The summed E-state index contributed by atoms with van der Waals surface area (Å²) in [7, 11) is -2.82. The molecule has 0 aliphatic carbocycles. The summed E-state index contributed by atoms with van der Waals surface area (Å²) in [6, 6.07) is 4.45. The van der Waals surface area contributed by atoms with Crippen molar-refractivity contribution in [3.05, 3.63) is 29.6 Å². The van der Waals surface area contributed by atoms with E-state index in [0.717, 1.165) is 0 Å². The van der Waals surface area contributed by atoms with Gasteiger partial charge in [-0.1, -0.05) is 13.0 Å². The molecule has 14 heavy (non-hydrogen) atoms. The second-order valence-corrected chi connectivity index (χ2v) is 5.16. The largest absolute Gasteiger partial charge is 0.299 e. The van der Waals surface area contributed by atoms with Crippen molar-refractivity contribution in [2.75, 3.05) is 10.5 Å². The van der Waals surface area contributed by atoms with Gasteiger partial charge in [0, 0.05) is 11.4 Å². The maximum absolute atomic E-state index is 13.1. The fraction of sp³-hybridized carbons (Fsp3) is 0.333. The van der Waals surface area contributed by atoms with Crippen LogP contribution in [0.25, 0.3) is 0 Å². The van der Waals surface area contributed by atoms with Crippen molar-refractivity contribution < 1.29 is 8.60 Å². The molecule has 0 aliphatic heterocycles. The quantitative estimate of drug-likeness (QED) is 0.801. The van der Waals surface area contributed by atoms with E-state index in [0.29, 0.717) is 11.3 Å². The minimum Gasteiger partial charge on any atom is -0.299 e. The number of hydrogen-bond acceptors (Lipinski definition) is 2. The van der Waals surface area contributed by atoms with Gasteiger partial charge in [0.25, 0.3) is 0 Å². The molecule has 0 aliphatic rings. The molecule has 0 radical (unpaired) electrons. The number of benzene rings is 1. The van der Waals surface area contributed by atoms with Gasteiger partial charge in [-0.3, -0.25) is 4.72 Å². The molecule has 3 nitrogen and oxygen atoms in total. The molecular formula is C9H13FN2OS. The average molecular weight is 216 g/mol. The molecule has 0 bridgehead atoms. The molecule has 1 unspecified atom stereocenters. The van der Waals surface area contributed by atoms with Crippen LogP contribution in [0.1, 0.15) is 12.5 Å². The molecule has 1 rings (SSSR count). The Morgan fingerprint density at radius 1 is 1.57 bits per heavy atom. The smallest absolute Gasteiger partial charge is 0.128 e. The van der Waals surface area contributed by atoms with Crippen LogP contribution in [0.3, 0.4) is 0 Å². The molecule has 1 aromatic rings. The van der Waals surface area contributed by atoms with Crippen LogP contribution in [-0.2, 0) is 9.92 Å². The van der Waals surface area contributed by atoms with E-state index < -0.39 is 9.92 Å². The van der Waals surface area contributed by atoms with Crippen molar-refractivity contribution >= 4 is 15.6 Å². The predicted molar refractivity (Wildman–Crippen MR) is 56.2 cm³/mol. The summed E-state index contributed by atoms with van der Waals surface area (Å²) in [6.07, 6.45) is 0. The van der Waals surface area contributed by atoms with E-state index in [-0.39, 0.29) is 11.6 Å². The number of nitrogens with one attached hydrogen (secondary N) is 2. The Balaban J connectivity index is 2.94. The molecule has 0 saturated heterocycles. The van der Waals surface area contributed by atoms with Crippen molar-refractivity contribution in [1.29, 1.82) is 4.78 Å². The lowest BCUT2D eigenvalue weighted by Crippen LogP contribution is -2.13. The van der Waals surface area contributed by atoms with Gasteiger partial charge in [-0.15, -0.1) is 0 Å². The van der Waals surface area contributed by atoms with Crippen molar-refractivity contribution in [2.45, 2.75) is 13.8 Å². The van der Waals surface area contributed by atoms with Gasteiger partial charge in [0.05, 0.1) is 0 Å². The zero-order chi connectivity index (χ0) is 10.8. The zero-order valence-corrected chi connectivity index (χ0v) is 8.95. The third-order valence-electron chi connectivity index (χ3n) is 1.86. The highest BCUT2D eigenvalue weighted by Crippen LogP contribution is 2.14. The van der Waals surface area contributed by atoms with Crippen LogP contribution in [0.15, 0.2) is 18.2 Å². The first kappa shape index (κ1) is 11.0. The van der Waals surface area contributed by atoms with Crippen LogP contribution in [0.4, 0.5) is 10.1 Å². The van der Waals surface area contributed by atoms with Gasteiger partial charge in [-0.2, -0.15) is 0 Å². The van der Waals surface area contributed by atoms with Crippen LogP contribution in [-0.4, -0.2) is 9.96 Å². The summed E-state index contributed by atoms with van der Waals surface area (Å²) in [4.78, 5) is 0. The molecule has 5 heteroatoms. The average Bonchev–Trinajstić information content (AvgIpc) is 2.11. The van der Waals surface area contributed by atoms with E-state index in [1.54, 1.807) is 26.0 Å². The van der Waals surface area contributed by atoms with E-state index in [1.807, 2.05) is 0 Å². The molecule has 0 amide bonds. The normalized spacial score (nSPS) is 14.8. The van der Waals surface area contributed by atoms with Gasteiger partial charge in [-0.25, -0.2) is 13.4 Å². The van der Waals surface area contributed by atoms with Crippen LogP contribution in [0, 0.1) is 17.5 Å². The number of rotatable bonds is 3. The summed E-state index contributed by atoms with van der Waals surface area (Å²) >= 11 is 0. The van der Waals surface area contributed by atoms with Crippen LogP contribution < -0.4 is 4.72 Å². The lowest BCUT2D eigenvalue weighted by Gasteiger charge is -2.08. The Labute approximate surface area is 83.4 Å². The third-order valence-corrected chi connectivity index (χ3v) is 3.24. The molecule has 0 fully saturated rings. The molecule has 0 aromatic heterocycles. The summed E-state index contributed by atoms with van der Waals surface area (Å²) in [5.41, 5.74) is 0.915. The molecule has 78 valence electrons. The summed E-state index contributed by atoms with van der Waals surface area (Å²) in [5, 5.41) is 0. The molecule has 0 saturated carbocycles. The first-order valence-electron chi connectivity index (χ1n) is 4.25. The first-order chi connectivity index (χ1) is 6.44. The molecular weight excluding hydrogens is 203 g/mol. The Kier molecular flexibility index (Phi) is 3.10. The fourth-order valence-corrected chi connectivity index (χ4v) is 1.57. The van der Waals surface area contributed by atoms with Crippen LogP contribution in [0.2, 0.25) is 0 Å². The highest BCUT2D eigenvalue weighted by atomic mass is 32.2. The maximum atomic E-state index is 13.1. The van der Waals surface area contributed by atoms with Gasteiger partial charge in [0.1, 0.15) is 15.7 Å². The molecule has 2 N–H and O–H groups in total. The number of anilines is 1. The second kappa shape index (κ2) is 3.96. The van der Waals surface area contributed by atoms with E-state index >= 15 is 0 Å². The van der Waals surface area contributed by atoms with E-state index in [4.69, 9.17) is 4.78 Å². The van der Waals surface area contributed by atoms with Crippen LogP contribution >= 0.6 is 0 Å². The monoisotopic (exact) mass is 216 g/mol. The van der Waals surface area contributed by atoms with E-state index in [1.165, 1.54) is 6.07 Å². The van der Waals surface area contributed by atoms with Gasteiger partial charge >= 0.3 is 0 Å². The molecule has 1 atom stereocenters. The number of halogens is 1. The van der Waals surface area contributed by atoms with Gasteiger partial charge < -0.3 is 0 Å². The summed E-state index contributed by atoms with van der Waals surface area (Å²) < 4.78 is 34.2. The molecule has 1 aromatic carbocycles. The Hall–Kier alpha value is -1.10. The first-order valence-corrected chi connectivity index (χ1v) is 5.97. The lowest BCUT2D eigenvalue weighted by molar-refractivity contribution is 0.619. The van der Waals surface area contributed by atoms with Crippen molar-refractivity contribution in [1.82, 2.24) is 0 Å². The highest BCUT2D eigenvalue weighted by molar-refractivity contribution is 7.93. The van der Waals surface area contributed by atoms with E-state index in [2.05, 4.69) is 4.72 Å². The SMILES string of the molecule is CCS(=N)(=O)Nc1ccc(C)c(F)c1. The van der Waals surface area contributed by atoms with Crippen LogP contribution in [0.5, 0.6) is 0 Å². The van der Waals surface area contributed by atoms with Crippen molar-refractivity contribution in [3.63, 3.8) is 0 Å². The Bertz CT molecular complexity index is 428. The van der Waals surface area contributed by atoms with Crippen molar-refractivity contribution in [3.8, 4) is 0 Å². The van der Waals surface area contributed by atoms with Gasteiger partial charge in [0.15, 0.2) is 0 Å². The topological polar surface area (TPSA) is 53.0 Å². The van der Waals surface area contributed by atoms with Gasteiger partial charge in [-0.05, 0) is 24.6 Å². The number of aryl methyl sites for hydroxylation is 1. The van der Waals surface area contributed by atoms with Crippen molar-refractivity contribution in [2.24, 2.45) is 0 Å². The predicted octanol–water partition coefficient (Wildman–Crippen LogP) is 2.53. The standard InChI is InChI=1S/C9H13FN2OS/c1-3-14(11,13)12-8-5-4-7(2)9(10)6-8/h4-6H,3H2,1-2H3,(H2,11,12,13). The summed E-state index contributed by atoms with van der Waals surface area (Å²) in [5.74, 6) is -0.163. The lowest BCUT2D eigenvalue weighted by atomic mass is 10.2. The minimum atomic E-state index is -2.82. The highest BCUT2D eigenvalue weighted by Gasteiger charge is 2.04. The van der Waals surface area contributed by atoms with E-state index in [9.17, 15) is 8.60 Å².